The van der Waals surface area contributed by atoms with Gasteiger partial charge in [0.25, 0.3) is 0 Å². The minimum absolute atomic E-state index is 0.139. The third-order valence-electron chi connectivity index (χ3n) is 4.12. The van der Waals surface area contributed by atoms with Crippen LogP contribution in [0.15, 0.2) is 24.3 Å². The molecule has 25 heavy (non-hydrogen) atoms. The van der Waals surface area contributed by atoms with E-state index < -0.39 is 12.0 Å². The Morgan fingerprint density at radius 3 is 2.60 bits per heavy atom. The van der Waals surface area contributed by atoms with Gasteiger partial charge in [0.15, 0.2) is 0 Å². The van der Waals surface area contributed by atoms with E-state index in [-0.39, 0.29) is 18.2 Å². The van der Waals surface area contributed by atoms with Crippen LogP contribution >= 0.6 is 11.8 Å². The summed E-state index contributed by atoms with van der Waals surface area (Å²) >= 11 is 1.61. The zero-order chi connectivity index (χ0) is 18.2. The molecule has 1 atom stereocenters. The highest BCUT2D eigenvalue weighted by Crippen LogP contribution is 2.21. The van der Waals surface area contributed by atoms with Crippen LogP contribution in [0.3, 0.4) is 0 Å². The van der Waals surface area contributed by atoms with Crippen molar-refractivity contribution in [2.24, 2.45) is 0 Å². The van der Waals surface area contributed by atoms with Crippen molar-refractivity contribution in [1.29, 1.82) is 0 Å². The zero-order valence-corrected chi connectivity index (χ0v) is 15.4. The van der Waals surface area contributed by atoms with Gasteiger partial charge in [0.05, 0.1) is 13.5 Å². The summed E-state index contributed by atoms with van der Waals surface area (Å²) in [7, 11) is 1.32. The minimum atomic E-state index is -0.619. The number of hydrogen-bond acceptors (Lipinski definition) is 5. The maximum Gasteiger partial charge on any atom is 0.328 e. The van der Waals surface area contributed by atoms with Crippen LogP contribution in [0, 0.1) is 0 Å². The average molecular weight is 364 g/mol. The number of esters is 1. The van der Waals surface area contributed by atoms with Crippen LogP contribution < -0.4 is 10.2 Å². The topological polar surface area (TPSA) is 75.7 Å². The highest BCUT2D eigenvalue weighted by Gasteiger charge is 2.22. The molecule has 0 bridgehead atoms. The summed E-state index contributed by atoms with van der Waals surface area (Å²) in [4.78, 5) is 37.5. The summed E-state index contributed by atoms with van der Waals surface area (Å²) in [6.45, 7) is 0.745. The number of anilines is 1. The molecule has 2 amide bonds. The van der Waals surface area contributed by atoms with E-state index in [1.54, 1.807) is 16.7 Å². The van der Waals surface area contributed by atoms with Gasteiger partial charge in [-0.15, -0.1) is 0 Å². The van der Waals surface area contributed by atoms with Crippen LogP contribution in [0.25, 0.3) is 0 Å². The van der Waals surface area contributed by atoms with Gasteiger partial charge in [-0.2, -0.15) is 11.8 Å². The second-order valence-corrected chi connectivity index (χ2v) is 6.90. The smallest absolute Gasteiger partial charge is 0.328 e. The number of benzene rings is 1. The van der Waals surface area contributed by atoms with Crippen LogP contribution in [-0.4, -0.2) is 49.5 Å². The molecular weight excluding hydrogens is 340 g/mol. The molecule has 0 saturated carbocycles. The van der Waals surface area contributed by atoms with Crippen molar-refractivity contribution in [3.63, 3.8) is 0 Å². The lowest BCUT2D eigenvalue weighted by Crippen LogP contribution is -2.42. The average Bonchev–Trinajstić information content (AvgIpc) is 3.04. The fraction of sp³-hybridized carbons (Fsp3) is 0.500. The zero-order valence-electron chi connectivity index (χ0n) is 14.6. The highest BCUT2D eigenvalue weighted by atomic mass is 32.2. The Labute approximate surface area is 152 Å². The number of thioether (sulfide) groups is 1. The molecule has 1 fully saturated rings. The Bertz CT molecular complexity index is 618. The predicted molar refractivity (Wildman–Crippen MR) is 98.7 cm³/mol. The van der Waals surface area contributed by atoms with E-state index in [0.717, 1.165) is 30.0 Å². The lowest BCUT2D eigenvalue weighted by atomic mass is 10.1. The van der Waals surface area contributed by atoms with Crippen molar-refractivity contribution >= 4 is 35.2 Å². The van der Waals surface area contributed by atoms with Crippen LogP contribution in [0.2, 0.25) is 0 Å². The standard InChI is InChI=1S/C18H24N2O4S/c1-24-18(23)15(9-11-25-2)19-16(21)12-13-5-7-14(8-6-13)20-10-3-4-17(20)22/h5-8,15H,3-4,9-12H2,1-2H3,(H,19,21)/t15-/m1/s1. The summed E-state index contributed by atoms with van der Waals surface area (Å²) in [5.74, 6) is 0.255. The normalized spacial score (nSPS) is 15.1. The van der Waals surface area contributed by atoms with Gasteiger partial charge < -0.3 is 15.0 Å². The van der Waals surface area contributed by atoms with Gasteiger partial charge >= 0.3 is 5.97 Å². The summed E-state index contributed by atoms with van der Waals surface area (Å²) in [5.41, 5.74) is 1.69. The maximum absolute atomic E-state index is 12.2. The molecule has 1 aliphatic heterocycles. The van der Waals surface area contributed by atoms with Gasteiger partial charge in [0.2, 0.25) is 11.8 Å². The second-order valence-electron chi connectivity index (χ2n) is 5.92. The molecule has 1 aromatic rings. The number of nitrogens with zero attached hydrogens (tertiary/aromatic N) is 1. The van der Waals surface area contributed by atoms with Crippen LogP contribution in [-0.2, 0) is 25.5 Å². The number of ether oxygens (including phenoxy) is 1. The summed E-state index contributed by atoms with van der Waals surface area (Å²) in [6, 6.07) is 6.78. The van der Waals surface area contributed by atoms with E-state index >= 15 is 0 Å². The van der Waals surface area contributed by atoms with Crippen molar-refractivity contribution in [2.75, 3.05) is 30.6 Å². The van der Waals surface area contributed by atoms with E-state index in [9.17, 15) is 14.4 Å². The van der Waals surface area contributed by atoms with Crippen molar-refractivity contribution < 1.29 is 19.1 Å². The summed E-state index contributed by atoms with van der Waals surface area (Å²) in [5, 5.41) is 2.74. The molecule has 6 nitrogen and oxygen atoms in total. The van der Waals surface area contributed by atoms with Crippen molar-refractivity contribution in [2.45, 2.75) is 31.7 Å². The number of hydrogen-bond donors (Lipinski definition) is 1. The lowest BCUT2D eigenvalue weighted by Gasteiger charge is -2.17. The van der Waals surface area contributed by atoms with Crippen LogP contribution in [0.5, 0.6) is 0 Å². The second kappa shape index (κ2) is 9.46. The molecule has 1 heterocycles. The summed E-state index contributed by atoms with van der Waals surface area (Å²) in [6.07, 6.45) is 4.14. The Morgan fingerprint density at radius 2 is 2.04 bits per heavy atom. The van der Waals surface area contributed by atoms with E-state index in [2.05, 4.69) is 5.32 Å². The van der Waals surface area contributed by atoms with Crippen LogP contribution in [0.1, 0.15) is 24.8 Å². The van der Waals surface area contributed by atoms with Gasteiger partial charge in [0, 0.05) is 18.7 Å². The third kappa shape index (κ3) is 5.49. The van der Waals surface area contributed by atoms with Crippen molar-refractivity contribution in [3.8, 4) is 0 Å². The Kier molecular flexibility index (Phi) is 7.31. The molecule has 136 valence electrons. The first-order valence-corrected chi connectivity index (χ1v) is 9.70. The Morgan fingerprint density at radius 1 is 1.32 bits per heavy atom. The number of carbonyl (C=O) groups excluding carboxylic acids is 3. The van der Waals surface area contributed by atoms with Gasteiger partial charge in [-0.3, -0.25) is 9.59 Å². The van der Waals surface area contributed by atoms with Crippen molar-refractivity contribution in [1.82, 2.24) is 5.32 Å². The van der Waals surface area contributed by atoms with E-state index in [0.29, 0.717) is 12.8 Å². The Balaban J connectivity index is 1.92. The third-order valence-corrected chi connectivity index (χ3v) is 4.76. The number of nitrogens with one attached hydrogen (secondary N) is 1. The number of rotatable bonds is 8. The molecule has 2 rings (SSSR count). The maximum atomic E-state index is 12.2. The fourth-order valence-corrected chi connectivity index (χ4v) is 3.24. The molecule has 0 spiro atoms. The molecule has 1 saturated heterocycles. The minimum Gasteiger partial charge on any atom is -0.467 e. The lowest BCUT2D eigenvalue weighted by molar-refractivity contribution is -0.145. The fourth-order valence-electron chi connectivity index (χ4n) is 2.77. The van der Waals surface area contributed by atoms with Gasteiger partial charge in [-0.05, 0) is 42.5 Å². The first kappa shape index (κ1) is 19.3. The molecular formula is C18H24N2O4S. The molecule has 1 N–H and O–H groups in total. The monoisotopic (exact) mass is 364 g/mol. The largest absolute Gasteiger partial charge is 0.467 e. The van der Waals surface area contributed by atoms with Crippen molar-refractivity contribution in [3.05, 3.63) is 29.8 Å². The van der Waals surface area contributed by atoms with Gasteiger partial charge in [-0.1, -0.05) is 12.1 Å². The molecule has 7 heteroatoms. The Hall–Kier alpha value is -2.02. The molecule has 0 unspecified atom stereocenters. The van der Waals surface area contributed by atoms with E-state index in [1.807, 2.05) is 30.5 Å². The molecule has 1 aliphatic rings. The number of carbonyl (C=O) groups is 3. The number of amides is 2. The molecule has 0 aromatic heterocycles. The quantitative estimate of drug-likeness (QED) is 0.712. The number of methoxy groups -OCH3 is 1. The van der Waals surface area contributed by atoms with Gasteiger partial charge in [-0.25, -0.2) is 4.79 Å². The predicted octanol–water partition coefficient (Wildman–Crippen LogP) is 1.77. The van der Waals surface area contributed by atoms with Crippen LogP contribution in [0.4, 0.5) is 5.69 Å². The first-order chi connectivity index (χ1) is 12.0. The summed E-state index contributed by atoms with van der Waals surface area (Å²) < 4.78 is 4.74. The molecule has 1 aromatic carbocycles. The SMILES string of the molecule is COC(=O)[C@@H](CCSC)NC(=O)Cc1ccc(N2CCCC2=O)cc1. The van der Waals surface area contributed by atoms with E-state index in [4.69, 9.17) is 4.74 Å². The molecule has 0 radical (unpaired) electrons. The first-order valence-electron chi connectivity index (χ1n) is 8.30. The van der Waals surface area contributed by atoms with Gasteiger partial charge in [0.1, 0.15) is 6.04 Å². The van der Waals surface area contributed by atoms with E-state index in [1.165, 1.54) is 7.11 Å². The molecule has 0 aliphatic carbocycles. The highest BCUT2D eigenvalue weighted by molar-refractivity contribution is 7.98.